The quantitative estimate of drug-likeness (QED) is 0.173. The highest BCUT2D eigenvalue weighted by atomic mass is 32.1. The van der Waals surface area contributed by atoms with Crippen LogP contribution in [0.3, 0.4) is 0 Å². The van der Waals surface area contributed by atoms with Gasteiger partial charge >= 0.3 is 0 Å². The maximum Gasteiger partial charge on any atom is 0.164 e. The number of allylic oxidation sites excluding steroid dienone is 1. The second-order valence-corrected chi connectivity index (χ2v) is 16.8. The normalized spacial score (nSPS) is 12.7. The molecule has 0 bridgehead atoms. The minimum Gasteiger partial charge on any atom is -0.460 e. The van der Waals surface area contributed by atoms with Crippen molar-refractivity contribution in [2.45, 2.75) is 12.8 Å². The Kier molecular flexibility index (Phi) is 7.53. The molecule has 1 aliphatic rings. The number of hydrogen-bond donors (Lipinski definition) is 0. The molecule has 6 heteroatoms. The number of thiophene rings is 1. The van der Waals surface area contributed by atoms with Gasteiger partial charge in [0.05, 0.1) is 0 Å². The lowest BCUT2D eigenvalue weighted by molar-refractivity contribution is 0.546. The van der Waals surface area contributed by atoms with Gasteiger partial charge in [-0.3, -0.25) is 0 Å². The van der Waals surface area contributed by atoms with Crippen molar-refractivity contribution in [3.8, 4) is 56.4 Å². The minimum atomic E-state index is 0.589. The van der Waals surface area contributed by atoms with Crippen LogP contribution in [0, 0.1) is 0 Å². The van der Waals surface area contributed by atoms with Crippen molar-refractivity contribution >= 4 is 81.3 Å². The van der Waals surface area contributed by atoms with E-state index in [1.165, 1.54) is 20.2 Å². The highest BCUT2D eigenvalue weighted by molar-refractivity contribution is 7.25. The van der Waals surface area contributed by atoms with Crippen LogP contribution in [0.25, 0.3) is 126 Å². The van der Waals surface area contributed by atoms with Gasteiger partial charge in [-0.1, -0.05) is 133 Å². The Morgan fingerprint density at radius 3 is 2.00 bits per heavy atom. The summed E-state index contributed by atoms with van der Waals surface area (Å²) in [6.07, 6.45) is 6.20. The number of furan rings is 2. The molecular weight excluding hydrogens is 767 g/mol. The van der Waals surface area contributed by atoms with Crippen LogP contribution in [-0.2, 0) is 6.42 Å². The number of nitrogens with zero attached hydrogens (tertiary/aromatic N) is 3. The Morgan fingerprint density at radius 2 is 1.11 bits per heavy atom. The summed E-state index contributed by atoms with van der Waals surface area (Å²) in [7, 11) is 0. The lowest BCUT2D eigenvalue weighted by Gasteiger charge is -2.14. The Labute approximate surface area is 353 Å². The Hall–Kier alpha value is -7.67. The van der Waals surface area contributed by atoms with E-state index in [0.717, 1.165) is 107 Å². The summed E-state index contributed by atoms with van der Waals surface area (Å²) < 4.78 is 15.6. The van der Waals surface area contributed by atoms with E-state index in [1.807, 2.05) is 18.2 Å². The molecule has 61 heavy (non-hydrogen) atoms. The molecule has 12 aromatic rings. The molecule has 8 aromatic carbocycles. The summed E-state index contributed by atoms with van der Waals surface area (Å²) in [4.78, 5) is 16.2. The summed E-state index contributed by atoms with van der Waals surface area (Å²) in [5.74, 6) is 2.80. The molecule has 0 saturated carbocycles. The molecule has 13 rings (SSSR count). The monoisotopic (exact) mass is 799 g/mol. The van der Waals surface area contributed by atoms with Gasteiger partial charge in [0.15, 0.2) is 17.5 Å². The zero-order valence-corrected chi connectivity index (χ0v) is 33.5. The molecule has 0 N–H and O–H groups in total. The maximum atomic E-state index is 6.77. The third kappa shape index (κ3) is 5.42. The van der Waals surface area contributed by atoms with E-state index in [4.69, 9.17) is 23.8 Å². The van der Waals surface area contributed by atoms with Gasteiger partial charge in [0.2, 0.25) is 0 Å². The van der Waals surface area contributed by atoms with E-state index in [1.54, 1.807) is 11.3 Å². The van der Waals surface area contributed by atoms with Crippen molar-refractivity contribution < 1.29 is 8.83 Å². The van der Waals surface area contributed by atoms with Crippen molar-refractivity contribution in [1.82, 2.24) is 15.0 Å². The van der Waals surface area contributed by atoms with Gasteiger partial charge in [0.25, 0.3) is 0 Å². The molecule has 4 heterocycles. The molecule has 0 unspecified atom stereocenters. The molecule has 0 radical (unpaired) electrons. The lowest BCUT2D eigenvalue weighted by Crippen LogP contribution is -2.01. The number of aromatic nitrogens is 3. The van der Waals surface area contributed by atoms with Gasteiger partial charge in [-0.25, -0.2) is 15.0 Å². The fourth-order valence-corrected chi connectivity index (χ4v) is 10.5. The first-order valence-electron chi connectivity index (χ1n) is 20.6. The predicted octanol–water partition coefficient (Wildman–Crippen LogP) is 15.3. The molecule has 0 fully saturated rings. The molecule has 4 aromatic heterocycles. The van der Waals surface area contributed by atoms with E-state index in [-0.39, 0.29) is 0 Å². The van der Waals surface area contributed by atoms with Crippen LogP contribution >= 0.6 is 11.3 Å². The zero-order valence-electron chi connectivity index (χ0n) is 32.7. The first-order chi connectivity index (χ1) is 30.2. The molecule has 0 saturated heterocycles. The summed E-state index contributed by atoms with van der Waals surface area (Å²) in [5.41, 5.74) is 10.8. The van der Waals surface area contributed by atoms with Crippen LogP contribution < -0.4 is 0 Å². The molecule has 0 aliphatic heterocycles. The van der Waals surface area contributed by atoms with Crippen LogP contribution in [-0.4, -0.2) is 15.0 Å². The molecule has 1 aliphatic carbocycles. The van der Waals surface area contributed by atoms with E-state index in [2.05, 4.69) is 158 Å². The third-order valence-corrected chi connectivity index (χ3v) is 13.3. The van der Waals surface area contributed by atoms with Crippen molar-refractivity contribution in [3.63, 3.8) is 0 Å². The zero-order chi connectivity index (χ0) is 40.0. The van der Waals surface area contributed by atoms with E-state index in [9.17, 15) is 0 Å². The fraction of sp³-hybridized carbons (Fsp3) is 0.0364. The first-order valence-corrected chi connectivity index (χ1v) is 21.5. The molecule has 0 atom stereocenters. The Balaban J connectivity index is 1.10. The van der Waals surface area contributed by atoms with Crippen molar-refractivity contribution in [3.05, 3.63) is 181 Å². The summed E-state index contributed by atoms with van der Waals surface area (Å²) in [6, 6.07) is 57.6. The SMILES string of the molecule is C1=Cc2c(oc3cc(-c4cccc5oc6ccccc6c45)cc(-c4nc(-c5ccc6c(c5)sc5ccccc56)nc(-c5ccc(-c6ccccc6)c6ccccc56)n4)c23)CC1. The maximum absolute atomic E-state index is 6.77. The van der Waals surface area contributed by atoms with Gasteiger partial charge in [0, 0.05) is 65.0 Å². The number of benzene rings is 8. The number of aryl methyl sites for hydroxylation is 1. The van der Waals surface area contributed by atoms with Gasteiger partial charge in [-0.2, -0.15) is 0 Å². The minimum absolute atomic E-state index is 0.589. The third-order valence-electron chi connectivity index (χ3n) is 12.2. The van der Waals surface area contributed by atoms with E-state index >= 15 is 0 Å². The highest BCUT2D eigenvalue weighted by Gasteiger charge is 2.25. The van der Waals surface area contributed by atoms with Crippen molar-refractivity contribution in [2.24, 2.45) is 0 Å². The second-order valence-electron chi connectivity index (χ2n) is 15.7. The number of para-hydroxylation sites is 1. The van der Waals surface area contributed by atoms with Crippen LogP contribution in [0.15, 0.2) is 179 Å². The van der Waals surface area contributed by atoms with E-state index < -0.39 is 0 Å². The lowest BCUT2D eigenvalue weighted by atomic mass is 9.93. The fourth-order valence-electron chi connectivity index (χ4n) is 9.40. The van der Waals surface area contributed by atoms with Gasteiger partial charge < -0.3 is 8.83 Å². The number of fused-ring (bicyclic) bond motifs is 10. The largest absolute Gasteiger partial charge is 0.460 e. The molecule has 5 nitrogen and oxygen atoms in total. The van der Waals surface area contributed by atoms with Crippen LogP contribution in [0.1, 0.15) is 17.7 Å². The van der Waals surface area contributed by atoms with Crippen molar-refractivity contribution in [2.75, 3.05) is 0 Å². The smallest absolute Gasteiger partial charge is 0.164 e. The average Bonchev–Trinajstić information content (AvgIpc) is 4.02. The standard InChI is InChI=1S/C55H33N3O2S/c1-2-13-32(14-3-1)35-27-28-41(38-16-5-4-15-37(35)38)54-56-53(33-25-26-40-39-17-8-11-24-49(39)61-50(40)31-33)57-55(58-54)44-29-34(30-48-52(44)43-19-7-10-22-46(43)60-48)36-20-12-23-47-51(36)42-18-6-9-21-45(42)59-47/h1-9,11-21,23-31H,10,22H2. The van der Waals surface area contributed by atoms with Crippen molar-refractivity contribution in [1.29, 1.82) is 0 Å². The molecule has 0 spiro atoms. The number of hydrogen-bond acceptors (Lipinski definition) is 6. The van der Waals surface area contributed by atoms with Crippen LogP contribution in [0.2, 0.25) is 0 Å². The molecule has 286 valence electrons. The summed E-state index contributed by atoms with van der Waals surface area (Å²) >= 11 is 1.79. The topological polar surface area (TPSA) is 65.0 Å². The Morgan fingerprint density at radius 1 is 0.410 bits per heavy atom. The summed E-state index contributed by atoms with van der Waals surface area (Å²) in [6.45, 7) is 0. The summed E-state index contributed by atoms with van der Waals surface area (Å²) in [5, 5.41) is 7.85. The van der Waals surface area contributed by atoms with Crippen LogP contribution in [0.5, 0.6) is 0 Å². The predicted molar refractivity (Wildman–Crippen MR) is 252 cm³/mol. The first kappa shape index (κ1) is 34.2. The van der Waals surface area contributed by atoms with Gasteiger partial charge in [-0.15, -0.1) is 11.3 Å². The van der Waals surface area contributed by atoms with Gasteiger partial charge in [0.1, 0.15) is 22.5 Å². The average molecular weight is 800 g/mol. The molecular formula is C55H33N3O2S. The van der Waals surface area contributed by atoms with Gasteiger partial charge in [-0.05, 0) is 81.9 Å². The number of rotatable bonds is 5. The molecule has 0 amide bonds. The highest BCUT2D eigenvalue weighted by Crippen LogP contribution is 2.45. The van der Waals surface area contributed by atoms with Crippen LogP contribution in [0.4, 0.5) is 0 Å². The second kappa shape index (κ2) is 13.4. The van der Waals surface area contributed by atoms with E-state index in [0.29, 0.717) is 17.5 Å². The Bertz CT molecular complexity index is 3780.